The van der Waals surface area contributed by atoms with Gasteiger partial charge >= 0.3 is 0 Å². The van der Waals surface area contributed by atoms with E-state index >= 15 is 0 Å². The summed E-state index contributed by atoms with van der Waals surface area (Å²) in [6, 6.07) is 6.09. The van der Waals surface area contributed by atoms with Gasteiger partial charge in [0.15, 0.2) is 0 Å². The number of benzene rings is 2. The Morgan fingerprint density at radius 3 is 2.50 bits per heavy atom. The van der Waals surface area contributed by atoms with E-state index in [2.05, 4.69) is 15.5 Å². The molecule has 0 bridgehead atoms. The van der Waals surface area contributed by atoms with E-state index in [-0.39, 0.29) is 22.6 Å². The van der Waals surface area contributed by atoms with E-state index in [1.165, 1.54) is 12.1 Å². The van der Waals surface area contributed by atoms with Crippen LogP contribution < -0.4 is 20.3 Å². The van der Waals surface area contributed by atoms with E-state index in [9.17, 15) is 8.78 Å². The SMILES string of the molecule is Fc1cc(Cl)cc(F)c1-c1cc2c(c(N3CCNCC3)c1)O[C@H]1CCNC[C@@H]21. The lowest BCUT2D eigenvalue weighted by molar-refractivity contribution is 0.172. The molecule has 148 valence electrons. The summed E-state index contributed by atoms with van der Waals surface area (Å²) in [6.45, 7) is 5.14. The van der Waals surface area contributed by atoms with Crippen LogP contribution in [0, 0.1) is 11.6 Å². The minimum absolute atomic E-state index is 0.0317. The zero-order valence-electron chi connectivity index (χ0n) is 15.4. The molecule has 0 unspecified atom stereocenters. The summed E-state index contributed by atoms with van der Waals surface area (Å²) in [5.74, 6) is -0.218. The lowest BCUT2D eigenvalue weighted by Gasteiger charge is -2.31. The molecule has 0 spiro atoms. The van der Waals surface area contributed by atoms with Crippen LogP contribution in [-0.4, -0.2) is 45.4 Å². The lowest BCUT2D eigenvalue weighted by Crippen LogP contribution is -2.43. The summed E-state index contributed by atoms with van der Waals surface area (Å²) in [4.78, 5) is 2.25. The number of fused-ring (bicyclic) bond motifs is 3. The molecule has 7 heteroatoms. The van der Waals surface area contributed by atoms with Crippen molar-refractivity contribution in [2.24, 2.45) is 0 Å². The standard InChI is InChI=1S/C21H22ClF2N3O/c22-13-9-16(23)20(17(24)10-13)12-7-14-15-11-26-2-1-19(15)28-21(14)18(8-12)27-5-3-25-4-6-27/h7-10,15,19,25-26H,1-6,11H2/t15-,19-/m0/s1. The molecule has 0 radical (unpaired) electrons. The Hall–Kier alpha value is -1.89. The molecule has 2 aromatic rings. The van der Waals surface area contributed by atoms with E-state index in [0.717, 1.165) is 62.7 Å². The first-order chi connectivity index (χ1) is 13.6. The molecule has 2 saturated heterocycles. The third-order valence-electron chi connectivity index (χ3n) is 5.94. The van der Waals surface area contributed by atoms with E-state index < -0.39 is 11.6 Å². The van der Waals surface area contributed by atoms with Crippen LogP contribution in [0.15, 0.2) is 24.3 Å². The zero-order valence-corrected chi connectivity index (χ0v) is 16.2. The molecule has 0 amide bonds. The van der Waals surface area contributed by atoms with Gasteiger partial charge in [-0.1, -0.05) is 11.6 Å². The van der Waals surface area contributed by atoms with Crippen LogP contribution in [0.5, 0.6) is 5.75 Å². The van der Waals surface area contributed by atoms with Crippen molar-refractivity contribution in [3.63, 3.8) is 0 Å². The molecule has 3 heterocycles. The van der Waals surface area contributed by atoms with Gasteiger partial charge in [-0.3, -0.25) is 0 Å². The topological polar surface area (TPSA) is 36.5 Å². The second-order valence-electron chi connectivity index (χ2n) is 7.65. The van der Waals surface area contributed by atoms with Gasteiger partial charge in [0.05, 0.1) is 11.3 Å². The fourth-order valence-corrected chi connectivity index (χ4v) is 4.77. The summed E-state index contributed by atoms with van der Waals surface area (Å²) in [5, 5.41) is 6.82. The van der Waals surface area contributed by atoms with Crippen molar-refractivity contribution in [2.75, 3.05) is 44.2 Å². The number of halogens is 3. The molecule has 28 heavy (non-hydrogen) atoms. The Morgan fingerprint density at radius 2 is 1.75 bits per heavy atom. The summed E-state index contributed by atoms with van der Waals surface area (Å²) in [6.07, 6.45) is 1.05. The van der Waals surface area contributed by atoms with Crippen LogP contribution in [0.1, 0.15) is 17.9 Å². The van der Waals surface area contributed by atoms with Crippen LogP contribution >= 0.6 is 11.6 Å². The smallest absolute Gasteiger partial charge is 0.146 e. The van der Waals surface area contributed by atoms with Crippen molar-refractivity contribution in [2.45, 2.75) is 18.4 Å². The maximum Gasteiger partial charge on any atom is 0.146 e. The van der Waals surface area contributed by atoms with Crippen LogP contribution in [0.3, 0.4) is 0 Å². The number of ether oxygens (including phenoxy) is 1. The number of piperazine rings is 1. The van der Waals surface area contributed by atoms with Gasteiger partial charge in [-0.05, 0) is 42.8 Å². The monoisotopic (exact) mass is 405 g/mol. The predicted molar refractivity (Wildman–Crippen MR) is 107 cm³/mol. The maximum absolute atomic E-state index is 14.7. The molecule has 2 atom stereocenters. The number of hydrogen-bond acceptors (Lipinski definition) is 4. The van der Waals surface area contributed by atoms with Gasteiger partial charge < -0.3 is 20.3 Å². The molecule has 0 aliphatic carbocycles. The lowest BCUT2D eigenvalue weighted by atomic mass is 9.88. The number of nitrogens with zero attached hydrogens (tertiary/aromatic N) is 1. The van der Waals surface area contributed by atoms with Crippen LogP contribution in [0.4, 0.5) is 14.5 Å². The van der Waals surface area contributed by atoms with Crippen molar-refractivity contribution < 1.29 is 13.5 Å². The number of nitrogens with one attached hydrogen (secondary N) is 2. The van der Waals surface area contributed by atoms with Crippen molar-refractivity contribution in [3.05, 3.63) is 46.5 Å². The quantitative estimate of drug-likeness (QED) is 0.801. The van der Waals surface area contributed by atoms with Gasteiger partial charge in [0.2, 0.25) is 0 Å². The average molecular weight is 406 g/mol. The minimum atomic E-state index is -0.645. The number of anilines is 1. The van der Waals surface area contributed by atoms with Gasteiger partial charge in [-0.15, -0.1) is 0 Å². The molecule has 4 nitrogen and oxygen atoms in total. The fourth-order valence-electron chi connectivity index (χ4n) is 4.58. The van der Waals surface area contributed by atoms with Crippen LogP contribution in [0.25, 0.3) is 11.1 Å². The van der Waals surface area contributed by atoms with Gasteiger partial charge in [0.1, 0.15) is 23.5 Å². The fraction of sp³-hybridized carbons (Fsp3) is 0.429. The Bertz CT molecular complexity index is 894. The molecule has 0 saturated carbocycles. The highest BCUT2D eigenvalue weighted by atomic mass is 35.5. The predicted octanol–water partition coefficient (Wildman–Crippen LogP) is 3.53. The minimum Gasteiger partial charge on any atom is -0.487 e. The van der Waals surface area contributed by atoms with E-state index in [1.807, 2.05) is 12.1 Å². The highest BCUT2D eigenvalue weighted by molar-refractivity contribution is 6.30. The number of hydrogen-bond donors (Lipinski definition) is 2. The normalized spacial score (nSPS) is 23.9. The van der Waals surface area contributed by atoms with E-state index in [1.54, 1.807) is 0 Å². The summed E-state index contributed by atoms with van der Waals surface area (Å²) >= 11 is 5.82. The molecule has 0 aromatic heterocycles. The maximum atomic E-state index is 14.7. The molecule has 3 aliphatic rings. The molecule has 2 aromatic carbocycles. The van der Waals surface area contributed by atoms with Crippen LogP contribution in [0.2, 0.25) is 5.02 Å². The number of piperidine rings is 1. The Kier molecular flexibility index (Phi) is 4.65. The summed E-state index contributed by atoms with van der Waals surface area (Å²) in [7, 11) is 0. The Morgan fingerprint density at radius 1 is 1.00 bits per heavy atom. The largest absolute Gasteiger partial charge is 0.487 e. The molecule has 3 aliphatic heterocycles. The number of rotatable bonds is 2. The van der Waals surface area contributed by atoms with Crippen LogP contribution in [-0.2, 0) is 0 Å². The first-order valence-electron chi connectivity index (χ1n) is 9.77. The van der Waals surface area contributed by atoms with Gasteiger partial charge in [-0.25, -0.2) is 8.78 Å². The van der Waals surface area contributed by atoms with Gasteiger partial charge in [0.25, 0.3) is 0 Å². The molecular weight excluding hydrogens is 384 g/mol. The average Bonchev–Trinajstić information content (AvgIpc) is 3.06. The Labute approximate surface area is 167 Å². The second-order valence-corrected chi connectivity index (χ2v) is 8.09. The van der Waals surface area contributed by atoms with Gasteiger partial charge in [0, 0.05) is 49.2 Å². The first kappa shape index (κ1) is 18.2. The van der Waals surface area contributed by atoms with Crippen molar-refractivity contribution in [1.29, 1.82) is 0 Å². The Balaban J connectivity index is 1.67. The van der Waals surface area contributed by atoms with Gasteiger partial charge in [-0.2, -0.15) is 0 Å². The molecular formula is C21H22ClF2N3O. The highest BCUT2D eigenvalue weighted by Gasteiger charge is 2.39. The molecule has 2 fully saturated rings. The third-order valence-corrected chi connectivity index (χ3v) is 6.16. The third kappa shape index (κ3) is 3.04. The van der Waals surface area contributed by atoms with E-state index in [0.29, 0.717) is 5.56 Å². The highest BCUT2D eigenvalue weighted by Crippen LogP contribution is 2.49. The zero-order chi connectivity index (χ0) is 19.3. The first-order valence-corrected chi connectivity index (χ1v) is 10.2. The van der Waals surface area contributed by atoms with Crippen molar-refractivity contribution in [1.82, 2.24) is 10.6 Å². The van der Waals surface area contributed by atoms with Crippen molar-refractivity contribution >= 4 is 17.3 Å². The second kappa shape index (κ2) is 7.17. The van der Waals surface area contributed by atoms with E-state index in [4.69, 9.17) is 16.3 Å². The summed E-state index contributed by atoms with van der Waals surface area (Å²) in [5.41, 5.74) is 2.47. The van der Waals surface area contributed by atoms with Crippen molar-refractivity contribution in [3.8, 4) is 16.9 Å². The summed E-state index contributed by atoms with van der Waals surface area (Å²) < 4.78 is 35.7. The molecule has 5 rings (SSSR count). The molecule has 2 N–H and O–H groups in total.